The van der Waals surface area contributed by atoms with Gasteiger partial charge in [-0.25, -0.2) is 13.2 Å². The summed E-state index contributed by atoms with van der Waals surface area (Å²) in [6.45, 7) is 0. The first kappa shape index (κ1) is 22.9. The number of carbonyl (C=O) groups excluding carboxylic acids is 1. The minimum Gasteiger partial charge on any atom is -0.497 e. The molecule has 3 aromatic rings. The molecule has 1 atom stereocenters. The van der Waals surface area contributed by atoms with E-state index in [9.17, 15) is 23.3 Å². The van der Waals surface area contributed by atoms with Crippen LogP contribution in [0.3, 0.4) is 0 Å². The van der Waals surface area contributed by atoms with E-state index in [-0.39, 0.29) is 10.6 Å². The molecule has 0 amide bonds. The second-order valence-electron chi connectivity index (χ2n) is 6.69. The molecular weight excluding hydrogens is 436 g/mol. The average Bonchev–Trinajstić information content (AvgIpc) is 2.82. The maximum Gasteiger partial charge on any atom is 0.337 e. The van der Waals surface area contributed by atoms with Gasteiger partial charge in [0.05, 0.1) is 35.6 Å². The lowest BCUT2D eigenvalue weighted by Gasteiger charge is -2.20. The van der Waals surface area contributed by atoms with Crippen molar-refractivity contribution in [3.63, 3.8) is 0 Å². The summed E-state index contributed by atoms with van der Waals surface area (Å²) in [5.41, 5.74) is 1.31. The van der Waals surface area contributed by atoms with Gasteiger partial charge in [-0.1, -0.05) is 24.3 Å². The maximum absolute atomic E-state index is 13.0. The molecule has 0 aliphatic carbocycles. The zero-order valence-electron chi connectivity index (χ0n) is 17.2. The number of ether oxygens (including phenoxy) is 2. The van der Waals surface area contributed by atoms with Crippen LogP contribution in [0.25, 0.3) is 0 Å². The number of esters is 1. The van der Waals surface area contributed by atoms with Crippen LogP contribution in [0.2, 0.25) is 0 Å². The summed E-state index contributed by atoms with van der Waals surface area (Å²) >= 11 is 0. The largest absolute Gasteiger partial charge is 0.497 e. The van der Waals surface area contributed by atoms with Crippen molar-refractivity contribution < 1.29 is 27.6 Å². The van der Waals surface area contributed by atoms with Gasteiger partial charge >= 0.3 is 5.97 Å². The van der Waals surface area contributed by atoms with E-state index >= 15 is 0 Å². The molecule has 0 fully saturated rings. The molecule has 0 spiro atoms. The van der Waals surface area contributed by atoms with E-state index in [2.05, 4.69) is 4.72 Å². The molecular formula is C22H20N2O7S. The Morgan fingerprint density at radius 1 is 0.906 bits per heavy atom. The molecule has 10 heteroatoms. The number of non-ortho nitro benzene ring substituents is 1. The molecule has 0 aliphatic rings. The maximum atomic E-state index is 13.0. The molecule has 3 aromatic carbocycles. The minimum absolute atomic E-state index is 0.118. The van der Waals surface area contributed by atoms with Gasteiger partial charge in [0, 0.05) is 12.1 Å². The van der Waals surface area contributed by atoms with Crippen molar-refractivity contribution in [2.75, 3.05) is 14.2 Å². The first-order valence-corrected chi connectivity index (χ1v) is 10.8. The molecule has 1 unspecified atom stereocenters. The Bertz CT molecular complexity index is 1210. The van der Waals surface area contributed by atoms with E-state index in [1.807, 2.05) is 0 Å². The second-order valence-corrected chi connectivity index (χ2v) is 8.41. The van der Waals surface area contributed by atoms with Crippen LogP contribution in [0.1, 0.15) is 27.5 Å². The van der Waals surface area contributed by atoms with Crippen LogP contribution >= 0.6 is 0 Å². The fraction of sp³-hybridized carbons (Fsp3) is 0.136. The Labute approximate surface area is 184 Å². The number of methoxy groups -OCH3 is 2. The van der Waals surface area contributed by atoms with E-state index in [1.54, 1.807) is 36.4 Å². The van der Waals surface area contributed by atoms with Crippen molar-refractivity contribution in [3.8, 4) is 5.75 Å². The highest BCUT2D eigenvalue weighted by molar-refractivity contribution is 7.89. The van der Waals surface area contributed by atoms with Crippen molar-refractivity contribution >= 4 is 21.7 Å². The number of nitrogens with one attached hydrogen (secondary N) is 1. The highest BCUT2D eigenvalue weighted by Gasteiger charge is 2.24. The Morgan fingerprint density at radius 3 is 1.91 bits per heavy atom. The summed E-state index contributed by atoms with van der Waals surface area (Å²) < 4.78 is 38.6. The van der Waals surface area contributed by atoms with Crippen molar-refractivity contribution in [1.29, 1.82) is 0 Å². The molecule has 0 saturated heterocycles. The summed E-state index contributed by atoms with van der Waals surface area (Å²) in [6, 6.07) is 17.0. The van der Waals surface area contributed by atoms with Crippen molar-refractivity contribution in [2.24, 2.45) is 0 Å². The van der Waals surface area contributed by atoms with Gasteiger partial charge < -0.3 is 9.47 Å². The third-order valence-corrected chi connectivity index (χ3v) is 6.18. The molecule has 166 valence electrons. The van der Waals surface area contributed by atoms with Crippen LogP contribution < -0.4 is 9.46 Å². The number of hydrogen-bond donors (Lipinski definition) is 1. The molecule has 0 aliphatic heterocycles. The predicted molar refractivity (Wildman–Crippen MR) is 116 cm³/mol. The standard InChI is InChI=1S/C22H20N2O7S/c1-30-19-11-7-16(8-12-19)21(15-3-5-17(6-4-15)22(25)31-2)23-32(28,29)20-13-9-18(10-14-20)24(26)27/h3-14,21,23H,1-2H3. The van der Waals surface area contributed by atoms with Crippen molar-refractivity contribution in [2.45, 2.75) is 10.9 Å². The zero-order chi connectivity index (χ0) is 23.3. The number of nitro benzene ring substituents is 1. The number of rotatable bonds is 8. The Balaban J connectivity index is 1.99. The first-order valence-electron chi connectivity index (χ1n) is 9.34. The number of carbonyl (C=O) groups is 1. The van der Waals surface area contributed by atoms with Gasteiger partial charge in [-0.15, -0.1) is 0 Å². The van der Waals surface area contributed by atoms with Crippen molar-refractivity contribution in [1.82, 2.24) is 4.72 Å². The summed E-state index contributed by atoms with van der Waals surface area (Å²) in [7, 11) is -1.24. The molecule has 0 heterocycles. The van der Waals surface area contributed by atoms with Gasteiger partial charge in [-0.05, 0) is 47.5 Å². The number of sulfonamides is 1. The quantitative estimate of drug-likeness (QED) is 0.313. The van der Waals surface area contributed by atoms with Crippen LogP contribution in [-0.4, -0.2) is 33.5 Å². The average molecular weight is 456 g/mol. The van der Waals surface area contributed by atoms with Gasteiger partial charge in [0.1, 0.15) is 5.75 Å². The topological polar surface area (TPSA) is 125 Å². The number of hydrogen-bond acceptors (Lipinski definition) is 7. The Morgan fingerprint density at radius 2 is 1.44 bits per heavy atom. The fourth-order valence-corrected chi connectivity index (χ4v) is 4.24. The third-order valence-electron chi connectivity index (χ3n) is 4.75. The normalized spacial score (nSPS) is 12.1. The Hall–Kier alpha value is -3.76. The zero-order valence-corrected chi connectivity index (χ0v) is 18.0. The van der Waals surface area contributed by atoms with Crippen LogP contribution in [0.15, 0.2) is 77.7 Å². The molecule has 0 bridgehead atoms. The van der Waals surface area contributed by atoms with Crippen LogP contribution in [0.4, 0.5) is 5.69 Å². The summed E-state index contributed by atoms with van der Waals surface area (Å²) in [6.07, 6.45) is 0. The van der Waals surface area contributed by atoms with Gasteiger partial charge in [-0.3, -0.25) is 10.1 Å². The molecule has 0 radical (unpaired) electrons. The van der Waals surface area contributed by atoms with Crippen LogP contribution in [0.5, 0.6) is 5.75 Å². The molecule has 0 saturated carbocycles. The number of nitro groups is 1. The summed E-state index contributed by atoms with van der Waals surface area (Å²) in [5, 5.41) is 10.9. The number of benzene rings is 3. The first-order chi connectivity index (χ1) is 15.2. The highest BCUT2D eigenvalue weighted by atomic mass is 32.2. The highest BCUT2D eigenvalue weighted by Crippen LogP contribution is 2.27. The van der Waals surface area contributed by atoms with Gasteiger partial charge in [0.2, 0.25) is 10.0 Å². The molecule has 32 heavy (non-hydrogen) atoms. The van der Waals surface area contributed by atoms with E-state index in [4.69, 9.17) is 9.47 Å². The minimum atomic E-state index is -4.04. The second kappa shape index (κ2) is 9.58. The predicted octanol–water partition coefficient (Wildman–Crippen LogP) is 3.46. The molecule has 3 rings (SSSR count). The van der Waals surface area contributed by atoms with E-state index in [1.165, 1.54) is 38.5 Å². The number of nitrogens with zero attached hydrogens (tertiary/aromatic N) is 1. The third kappa shape index (κ3) is 5.10. The van der Waals surface area contributed by atoms with Crippen LogP contribution in [0, 0.1) is 10.1 Å². The van der Waals surface area contributed by atoms with Crippen LogP contribution in [-0.2, 0) is 14.8 Å². The van der Waals surface area contributed by atoms with Gasteiger partial charge in [0.25, 0.3) is 5.69 Å². The van der Waals surface area contributed by atoms with Gasteiger partial charge in [0.15, 0.2) is 0 Å². The van der Waals surface area contributed by atoms with Crippen molar-refractivity contribution in [3.05, 3.63) is 99.6 Å². The molecule has 1 N–H and O–H groups in total. The monoisotopic (exact) mass is 456 g/mol. The SMILES string of the molecule is COC(=O)c1ccc(C(NS(=O)(=O)c2ccc([N+](=O)[O-])cc2)c2ccc(OC)cc2)cc1. The summed E-state index contributed by atoms with van der Waals surface area (Å²) in [5.74, 6) is 0.0933. The van der Waals surface area contributed by atoms with E-state index in [0.29, 0.717) is 22.4 Å². The molecule has 9 nitrogen and oxygen atoms in total. The lowest BCUT2D eigenvalue weighted by atomic mass is 9.98. The van der Waals surface area contributed by atoms with E-state index in [0.717, 1.165) is 12.1 Å². The van der Waals surface area contributed by atoms with E-state index < -0.39 is 27.0 Å². The lowest BCUT2D eigenvalue weighted by Crippen LogP contribution is -2.29. The Kier molecular flexibility index (Phi) is 6.86. The lowest BCUT2D eigenvalue weighted by molar-refractivity contribution is -0.384. The smallest absolute Gasteiger partial charge is 0.337 e. The van der Waals surface area contributed by atoms with Gasteiger partial charge in [-0.2, -0.15) is 4.72 Å². The molecule has 0 aromatic heterocycles. The summed E-state index contributed by atoms with van der Waals surface area (Å²) in [4.78, 5) is 21.9. The fourth-order valence-electron chi connectivity index (χ4n) is 3.02.